The van der Waals surface area contributed by atoms with Gasteiger partial charge in [-0.05, 0) is 24.7 Å². The number of rotatable bonds is 16. The third-order valence-corrected chi connectivity index (χ3v) is 7.12. The van der Waals surface area contributed by atoms with Gasteiger partial charge in [0.15, 0.2) is 0 Å². The van der Waals surface area contributed by atoms with Gasteiger partial charge >= 0.3 is 41.5 Å². The van der Waals surface area contributed by atoms with Gasteiger partial charge in [-0.2, -0.15) is 8.42 Å². The Morgan fingerprint density at radius 3 is 1.69 bits per heavy atom. The van der Waals surface area contributed by atoms with Crippen molar-refractivity contribution < 1.29 is 32.8 Å². The molecule has 0 spiro atoms. The molecule has 0 saturated heterocycles. The van der Waals surface area contributed by atoms with Crippen molar-refractivity contribution in [2.75, 3.05) is 0 Å². The van der Waals surface area contributed by atoms with Crippen molar-refractivity contribution in [2.45, 2.75) is 96.7 Å². The number of carboxylic acid groups (broad SMARTS) is 2. The van der Waals surface area contributed by atoms with Crippen LogP contribution in [0, 0.1) is 17.8 Å². The molecule has 0 aromatic heterocycles. The molecular weight excluding hydrogens is 407 g/mol. The molecule has 0 aromatic carbocycles. The SMILES string of the molecule is CCCCCC(C)CC(C(=O)O)C(CC(C)CCCCC)(C(=O)O)S(=O)(=O)O.[NaH]. The Bertz CT molecular complexity index is 594. The summed E-state index contributed by atoms with van der Waals surface area (Å²) in [6.45, 7) is 7.57. The number of carboxylic acids is 2. The van der Waals surface area contributed by atoms with Crippen LogP contribution >= 0.6 is 0 Å². The number of hydrogen-bond donors (Lipinski definition) is 3. The fourth-order valence-corrected chi connectivity index (χ4v) is 5.16. The second-order valence-electron chi connectivity index (χ2n) is 8.20. The third-order valence-electron chi connectivity index (χ3n) is 5.57. The summed E-state index contributed by atoms with van der Waals surface area (Å²) in [6.07, 6.45) is 6.26. The van der Waals surface area contributed by atoms with Crippen molar-refractivity contribution >= 4 is 51.6 Å². The van der Waals surface area contributed by atoms with Gasteiger partial charge in [-0.1, -0.05) is 79.1 Å². The summed E-state index contributed by atoms with van der Waals surface area (Å²) in [5, 5.41) is 19.6. The monoisotopic (exact) mass is 446 g/mol. The van der Waals surface area contributed by atoms with Crippen LogP contribution in [0.5, 0.6) is 0 Å². The topological polar surface area (TPSA) is 129 Å². The molecule has 3 N–H and O–H groups in total. The van der Waals surface area contributed by atoms with Gasteiger partial charge < -0.3 is 10.2 Å². The normalized spacial score (nSPS) is 16.9. The molecule has 29 heavy (non-hydrogen) atoms. The first-order valence-corrected chi connectivity index (χ1v) is 11.8. The van der Waals surface area contributed by atoms with Crippen LogP contribution in [-0.2, 0) is 19.7 Å². The summed E-state index contributed by atoms with van der Waals surface area (Å²) in [7, 11) is -5.15. The van der Waals surface area contributed by atoms with Gasteiger partial charge in [0, 0.05) is 0 Å². The van der Waals surface area contributed by atoms with Crippen molar-refractivity contribution in [1.29, 1.82) is 0 Å². The molecular formula is C20H39NaO7S. The van der Waals surface area contributed by atoms with Crippen LogP contribution in [-0.4, -0.2) is 69.4 Å². The van der Waals surface area contributed by atoms with Crippen LogP contribution in [0.4, 0.5) is 0 Å². The number of carbonyl (C=O) groups is 2. The Labute approximate surface area is 198 Å². The minimum absolute atomic E-state index is 0. The Kier molecular flexibility index (Phi) is 15.8. The fourth-order valence-electron chi connectivity index (χ4n) is 3.89. The van der Waals surface area contributed by atoms with Gasteiger partial charge in [0.2, 0.25) is 4.75 Å². The van der Waals surface area contributed by atoms with Crippen LogP contribution in [0.2, 0.25) is 0 Å². The van der Waals surface area contributed by atoms with Crippen molar-refractivity contribution in [3.63, 3.8) is 0 Å². The first-order chi connectivity index (χ1) is 12.9. The maximum atomic E-state index is 12.3. The summed E-state index contributed by atoms with van der Waals surface area (Å²) >= 11 is 0. The zero-order valence-corrected chi connectivity index (χ0v) is 18.5. The van der Waals surface area contributed by atoms with Gasteiger partial charge in [0.1, 0.15) is 0 Å². The fraction of sp³-hybridized carbons (Fsp3) is 0.900. The van der Waals surface area contributed by atoms with Gasteiger partial charge in [-0.15, -0.1) is 0 Å². The molecule has 0 amide bonds. The first-order valence-electron chi connectivity index (χ1n) is 10.4. The number of unbranched alkanes of at least 4 members (excludes halogenated alkanes) is 4. The quantitative estimate of drug-likeness (QED) is 0.186. The van der Waals surface area contributed by atoms with Gasteiger partial charge in [-0.25, -0.2) is 0 Å². The average molecular weight is 447 g/mol. The van der Waals surface area contributed by atoms with E-state index in [4.69, 9.17) is 0 Å². The summed E-state index contributed by atoms with van der Waals surface area (Å²) in [5.74, 6) is -5.50. The second-order valence-corrected chi connectivity index (χ2v) is 9.88. The van der Waals surface area contributed by atoms with E-state index in [0.717, 1.165) is 38.5 Å². The van der Waals surface area contributed by atoms with E-state index in [0.29, 0.717) is 12.8 Å². The predicted molar refractivity (Wildman–Crippen MR) is 116 cm³/mol. The van der Waals surface area contributed by atoms with Crippen LogP contribution in [0.25, 0.3) is 0 Å². The van der Waals surface area contributed by atoms with Crippen LogP contribution in [0.3, 0.4) is 0 Å². The molecule has 0 rings (SSSR count). The molecule has 7 nitrogen and oxygen atoms in total. The van der Waals surface area contributed by atoms with Crippen molar-refractivity contribution in [3.8, 4) is 0 Å². The molecule has 168 valence electrons. The zero-order valence-electron chi connectivity index (χ0n) is 17.7. The van der Waals surface area contributed by atoms with Gasteiger partial charge in [0.25, 0.3) is 10.1 Å². The number of aliphatic carboxylic acids is 2. The van der Waals surface area contributed by atoms with E-state index in [-0.39, 0.29) is 47.8 Å². The van der Waals surface area contributed by atoms with Gasteiger partial charge in [0.05, 0.1) is 5.92 Å². The molecule has 0 radical (unpaired) electrons. The Morgan fingerprint density at radius 1 is 0.897 bits per heavy atom. The van der Waals surface area contributed by atoms with E-state index in [1.54, 1.807) is 13.8 Å². The van der Waals surface area contributed by atoms with Crippen molar-refractivity contribution in [3.05, 3.63) is 0 Å². The number of hydrogen-bond acceptors (Lipinski definition) is 4. The Morgan fingerprint density at radius 2 is 1.34 bits per heavy atom. The summed E-state index contributed by atoms with van der Waals surface area (Å²) < 4.78 is 31.7. The molecule has 0 bridgehead atoms. The molecule has 0 aliphatic rings. The van der Waals surface area contributed by atoms with Crippen molar-refractivity contribution in [2.24, 2.45) is 17.8 Å². The summed E-state index contributed by atoms with van der Waals surface area (Å²) in [4.78, 5) is 24.1. The molecule has 4 atom stereocenters. The van der Waals surface area contributed by atoms with E-state index in [1.807, 2.05) is 13.8 Å². The van der Waals surface area contributed by atoms with E-state index >= 15 is 0 Å². The predicted octanol–water partition coefficient (Wildman–Crippen LogP) is 3.96. The van der Waals surface area contributed by atoms with Gasteiger partial charge in [-0.3, -0.25) is 14.1 Å². The molecule has 0 aromatic rings. The average Bonchev–Trinajstić information content (AvgIpc) is 2.56. The summed E-state index contributed by atoms with van der Waals surface area (Å²) in [5.41, 5.74) is 0. The minimum atomic E-state index is -5.15. The van der Waals surface area contributed by atoms with Crippen LogP contribution in [0.15, 0.2) is 0 Å². The Balaban J connectivity index is 0. The second kappa shape index (κ2) is 14.8. The molecule has 0 aliphatic heterocycles. The van der Waals surface area contributed by atoms with Crippen molar-refractivity contribution in [1.82, 2.24) is 0 Å². The van der Waals surface area contributed by atoms with E-state index in [1.165, 1.54) is 0 Å². The third kappa shape index (κ3) is 9.68. The molecule has 0 saturated carbocycles. The van der Waals surface area contributed by atoms with Crippen LogP contribution in [0.1, 0.15) is 91.9 Å². The summed E-state index contributed by atoms with van der Waals surface area (Å²) in [6, 6.07) is 0. The standard InChI is InChI=1S/C20H38O7S.Na.H/c1-5-7-9-11-15(3)13-17(18(21)22)20(19(23)24,28(25,26)27)14-16(4)12-10-8-6-2;;/h15-17H,5-14H2,1-4H3,(H,21,22)(H,23,24)(H,25,26,27);;. The molecule has 0 heterocycles. The van der Waals surface area contributed by atoms with E-state index in [2.05, 4.69) is 0 Å². The molecule has 9 heteroatoms. The first kappa shape index (κ1) is 31.0. The Hall–Kier alpha value is -0.150. The van der Waals surface area contributed by atoms with E-state index < -0.39 is 39.1 Å². The molecule has 0 fully saturated rings. The molecule has 4 unspecified atom stereocenters. The molecule has 0 aliphatic carbocycles. The van der Waals surface area contributed by atoms with Crippen LogP contribution < -0.4 is 0 Å². The maximum absolute atomic E-state index is 12.3. The van der Waals surface area contributed by atoms with E-state index in [9.17, 15) is 32.8 Å². The zero-order chi connectivity index (χ0) is 22.0.